The number of ether oxygens (including phenoxy) is 3. The number of hydrogen-bond donors (Lipinski definition) is 0. The molecule has 0 fully saturated rings. The van der Waals surface area contributed by atoms with Crippen molar-refractivity contribution in [3.63, 3.8) is 0 Å². The van der Waals surface area contributed by atoms with Gasteiger partial charge in [-0.25, -0.2) is 0 Å². The van der Waals surface area contributed by atoms with E-state index in [2.05, 4.69) is 118 Å². The molecule has 0 aliphatic rings. The SMILES string of the molecule is CC/C=C\C/C=C\C/C=C\C/C=C\C/C=C\C/C=C\CCCCCCCCC(=O)OC(COC(=O)CCCCCCC)COC(=O)CCCCCCCCCCCCCCCCC/C=C\C/C=C\CCCCCCC. The number of unbranched alkanes of at least 4 members (excludes halogenated alkanes) is 30. The van der Waals surface area contributed by atoms with E-state index in [-0.39, 0.29) is 31.1 Å². The summed E-state index contributed by atoms with van der Waals surface area (Å²) in [6.07, 6.45) is 84.6. The first-order chi connectivity index (χ1) is 37.0. The van der Waals surface area contributed by atoms with E-state index in [0.29, 0.717) is 19.3 Å². The summed E-state index contributed by atoms with van der Waals surface area (Å²) in [7, 11) is 0. The molecule has 1 atom stereocenters. The molecular weight excluding hydrogens is 925 g/mol. The first kappa shape index (κ1) is 71.3. The molecular formula is C69H118O6. The van der Waals surface area contributed by atoms with Crippen molar-refractivity contribution in [3.8, 4) is 0 Å². The van der Waals surface area contributed by atoms with E-state index < -0.39 is 6.10 Å². The zero-order valence-corrected chi connectivity index (χ0v) is 49.3. The van der Waals surface area contributed by atoms with Crippen LogP contribution in [0.3, 0.4) is 0 Å². The average Bonchev–Trinajstić information content (AvgIpc) is 3.41. The van der Waals surface area contributed by atoms with E-state index in [1.165, 1.54) is 141 Å². The van der Waals surface area contributed by atoms with Crippen LogP contribution in [0.4, 0.5) is 0 Å². The molecule has 1 unspecified atom stereocenters. The second-order valence-corrected chi connectivity index (χ2v) is 20.9. The molecule has 0 aromatic carbocycles. The topological polar surface area (TPSA) is 78.9 Å². The number of esters is 3. The molecule has 0 saturated carbocycles. The number of carbonyl (C=O) groups is 3. The molecule has 0 amide bonds. The maximum Gasteiger partial charge on any atom is 0.306 e. The number of carbonyl (C=O) groups excluding carboxylic acids is 3. The third-order valence-corrected chi connectivity index (χ3v) is 13.6. The Bertz CT molecular complexity index is 1480. The molecule has 0 aliphatic carbocycles. The van der Waals surface area contributed by atoms with E-state index >= 15 is 0 Å². The minimum atomic E-state index is -0.783. The molecule has 0 radical (unpaired) electrons. The molecule has 6 heteroatoms. The van der Waals surface area contributed by atoms with Gasteiger partial charge in [-0.3, -0.25) is 14.4 Å². The zero-order valence-electron chi connectivity index (χ0n) is 49.3. The van der Waals surface area contributed by atoms with E-state index in [9.17, 15) is 14.4 Å². The number of allylic oxidation sites excluding steroid dienone is 16. The lowest BCUT2D eigenvalue weighted by Crippen LogP contribution is -2.30. The third kappa shape index (κ3) is 61.1. The van der Waals surface area contributed by atoms with Crippen LogP contribution in [0.5, 0.6) is 0 Å². The maximum atomic E-state index is 12.8. The van der Waals surface area contributed by atoms with Crippen molar-refractivity contribution in [3.05, 3.63) is 97.2 Å². The molecule has 6 nitrogen and oxygen atoms in total. The van der Waals surface area contributed by atoms with Crippen LogP contribution < -0.4 is 0 Å². The highest BCUT2D eigenvalue weighted by molar-refractivity contribution is 5.71. The second kappa shape index (κ2) is 62.9. The Morgan fingerprint density at radius 3 is 0.813 bits per heavy atom. The van der Waals surface area contributed by atoms with Crippen LogP contribution in [-0.4, -0.2) is 37.2 Å². The molecule has 0 spiro atoms. The monoisotopic (exact) mass is 1040 g/mol. The second-order valence-electron chi connectivity index (χ2n) is 20.9. The predicted octanol–water partition coefficient (Wildman–Crippen LogP) is 21.7. The minimum absolute atomic E-state index is 0.0826. The largest absolute Gasteiger partial charge is 0.462 e. The summed E-state index contributed by atoms with van der Waals surface area (Å²) in [6.45, 7) is 6.44. The lowest BCUT2D eigenvalue weighted by atomic mass is 10.0. The number of rotatable bonds is 57. The van der Waals surface area contributed by atoms with Crippen molar-refractivity contribution >= 4 is 17.9 Å². The first-order valence-electron chi connectivity index (χ1n) is 31.7. The Labute approximate surface area is 464 Å². The van der Waals surface area contributed by atoms with Gasteiger partial charge in [0.15, 0.2) is 6.10 Å². The minimum Gasteiger partial charge on any atom is -0.462 e. The molecule has 75 heavy (non-hydrogen) atoms. The summed E-state index contributed by atoms with van der Waals surface area (Å²) in [6, 6.07) is 0. The van der Waals surface area contributed by atoms with E-state index in [1.54, 1.807) is 0 Å². The van der Waals surface area contributed by atoms with Crippen LogP contribution in [0.1, 0.15) is 303 Å². The molecule has 430 valence electrons. The van der Waals surface area contributed by atoms with Crippen LogP contribution in [0.25, 0.3) is 0 Å². The van der Waals surface area contributed by atoms with Crippen LogP contribution in [-0.2, 0) is 28.6 Å². The van der Waals surface area contributed by atoms with Gasteiger partial charge in [0.2, 0.25) is 0 Å². The Morgan fingerprint density at radius 2 is 0.520 bits per heavy atom. The smallest absolute Gasteiger partial charge is 0.306 e. The van der Waals surface area contributed by atoms with Crippen LogP contribution >= 0.6 is 0 Å². The maximum absolute atomic E-state index is 12.8. The van der Waals surface area contributed by atoms with Gasteiger partial charge >= 0.3 is 17.9 Å². The van der Waals surface area contributed by atoms with Gasteiger partial charge in [-0.1, -0.05) is 279 Å². The van der Waals surface area contributed by atoms with Crippen molar-refractivity contribution in [2.45, 2.75) is 309 Å². The Balaban J connectivity index is 4.08. The van der Waals surface area contributed by atoms with Gasteiger partial charge in [0.05, 0.1) is 0 Å². The van der Waals surface area contributed by atoms with Crippen molar-refractivity contribution < 1.29 is 28.6 Å². The highest BCUT2D eigenvalue weighted by Gasteiger charge is 2.19. The van der Waals surface area contributed by atoms with Gasteiger partial charge in [0.1, 0.15) is 13.2 Å². The molecule has 0 aromatic rings. The van der Waals surface area contributed by atoms with Gasteiger partial charge in [-0.15, -0.1) is 0 Å². The summed E-state index contributed by atoms with van der Waals surface area (Å²) in [5.41, 5.74) is 0. The Morgan fingerprint density at radius 1 is 0.280 bits per heavy atom. The van der Waals surface area contributed by atoms with Gasteiger partial charge in [-0.2, -0.15) is 0 Å². The Hall–Kier alpha value is -3.67. The number of hydrogen-bond acceptors (Lipinski definition) is 6. The van der Waals surface area contributed by atoms with Gasteiger partial charge < -0.3 is 14.2 Å². The summed E-state index contributed by atoms with van der Waals surface area (Å²) in [4.78, 5) is 37.9. The molecule has 0 heterocycles. The quantitative estimate of drug-likeness (QED) is 0.0261. The average molecular weight is 1040 g/mol. The van der Waals surface area contributed by atoms with Crippen LogP contribution in [0.15, 0.2) is 97.2 Å². The van der Waals surface area contributed by atoms with Gasteiger partial charge in [0, 0.05) is 19.3 Å². The van der Waals surface area contributed by atoms with Crippen molar-refractivity contribution in [2.24, 2.45) is 0 Å². The standard InChI is InChI=1S/C69H118O6/c1-4-7-10-13-15-17-19-21-23-25-27-29-31-33-34-36-37-39-41-43-45-47-49-51-53-56-59-62-68(71)74-65-66(64-73-67(70)61-58-55-12-9-6-3)75-69(72)63-60-57-54-52-50-48-46-44-42-40-38-35-32-30-28-26-24-22-20-18-16-14-11-8-5-2/h8,11,16,18-19,21-22,24-25,27-28,30,35,38,42,44,66H,4-7,9-10,12-15,17,20,23,26,29,31-34,36-37,39-41,43,45-65H2,1-3H3/b11-8-,18-16-,21-19-,24-22-,27-25-,30-28-,38-35-,44-42-. The fourth-order valence-corrected chi connectivity index (χ4v) is 8.83. The first-order valence-corrected chi connectivity index (χ1v) is 31.7. The molecule has 0 bridgehead atoms. The molecule has 0 aliphatic heterocycles. The summed E-state index contributed by atoms with van der Waals surface area (Å²) < 4.78 is 16.8. The van der Waals surface area contributed by atoms with Crippen molar-refractivity contribution in [2.75, 3.05) is 13.2 Å². The van der Waals surface area contributed by atoms with Crippen LogP contribution in [0, 0.1) is 0 Å². The van der Waals surface area contributed by atoms with E-state index in [4.69, 9.17) is 14.2 Å². The molecule has 0 aromatic heterocycles. The normalized spacial score (nSPS) is 12.7. The van der Waals surface area contributed by atoms with Crippen LogP contribution in [0.2, 0.25) is 0 Å². The van der Waals surface area contributed by atoms with Gasteiger partial charge in [0.25, 0.3) is 0 Å². The van der Waals surface area contributed by atoms with E-state index in [0.717, 1.165) is 122 Å². The lowest BCUT2D eigenvalue weighted by Gasteiger charge is -2.18. The van der Waals surface area contributed by atoms with E-state index in [1.807, 2.05) is 0 Å². The fourth-order valence-electron chi connectivity index (χ4n) is 8.83. The zero-order chi connectivity index (χ0) is 54.3. The summed E-state index contributed by atoms with van der Waals surface area (Å²) in [5, 5.41) is 0. The summed E-state index contributed by atoms with van der Waals surface area (Å²) in [5.74, 6) is -0.905. The molecule has 0 N–H and O–H groups in total. The lowest BCUT2D eigenvalue weighted by molar-refractivity contribution is -0.167. The highest BCUT2D eigenvalue weighted by atomic mass is 16.6. The molecule has 0 saturated heterocycles. The molecule has 0 rings (SSSR count). The summed E-state index contributed by atoms with van der Waals surface area (Å²) >= 11 is 0. The van der Waals surface area contributed by atoms with Crippen molar-refractivity contribution in [1.29, 1.82) is 0 Å². The fraction of sp³-hybridized carbons (Fsp3) is 0.725. The Kier molecular flexibility index (Phi) is 59.8. The highest BCUT2D eigenvalue weighted by Crippen LogP contribution is 2.16. The third-order valence-electron chi connectivity index (χ3n) is 13.6. The predicted molar refractivity (Wildman–Crippen MR) is 325 cm³/mol. The van der Waals surface area contributed by atoms with Crippen molar-refractivity contribution in [1.82, 2.24) is 0 Å². The van der Waals surface area contributed by atoms with Gasteiger partial charge in [-0.05, 0) is 103 Å².